The Morgan fingerprint density at radius 3 is 2.50 bits per heavy atom. The van der Waals surface area contributed by atoms with E-state index in [0.29, 0.717) is 13.0 Å². The summed E-state index contributed by atoms with van der Waals surface area (Å²) in [6.07, 6.45) is 2.33. The lowest BCUT2D eigenvalue weighted by Gasteiger charge is -2.34. The van der Waals surface area contributed by atoms with Crippen LogP contribution in [0.15, 0.2) is 18.2 Å². The van der Waals surface area contributed by atoms with E-state index in [4.69, 9.17) is 27.9 Å². The number of ether oxygens (including phenoxy) is 1. The Hall–Kier alpha value is -1.26. The van der Waals surface area contributed by atoms with Gasteiger partial charge in [-0.05, 0) is 31.4 Å². The Labute approximate surface area is 127 Å². The van der Waals surface area contributed by atoms with Crippen LogP contribution in [0.1, 0.15) is 29.6 Å². The van der Waals surface area contributed by atoms with Gasteiger partial charge in [0.2, 0.25) is 0 Å². The summed E-state index contributed by atoms with van der Waals surface area (Å²) in [5, 5.41) is 0.577. The number of carbonyl (C=O) groups excluding carboxylic acids is 2. The molecular formula is C14H15Cl2NO3. The maximum atomic E-state index is 12.6. The third kappa shape index (κ3) is 2.91. The number of rotatable bonds is 2. The van der Waals surface area contributed by atoms with Crippen molar-refractivity contribution in [1.29, 1.82) is 0 Å². The maximum Gasteiger partial charge on any atom is 0.328 e. The molecule has 1 heterocycles. The van der Waals surface area contributed by atoms with Crippen molar-refractivity contribution in [2.45, 2.75) is 25.3 Å². The molecule has 2 rings (SSSR count). The van der Waals surface area contributed by atoms with Crippen molar-refractivity contribution in [2.75, 3.05) is 13.7 Å². The standard InChI is InChI=1S/C14H15Cl2NO3/c1-20-14(19)11-7-2-3-8-17(11)13(18)12-9(15)5-4-6-10(12)16/h4-6,11H,2-3,7-8H2,1H3. The van der Waals surface area contributed by atoms with E-state index in [0.717, 1.165) is 12.8 Å². The summed E-state index contributed by atoms with van der Waals surface area (Å²) in [4.78, 5) is 25.9. The molecule has 1 amide bonds. The fourth-order valence-electron chi connectivity index (χ4n) is 2.40. The van der Waals surface area contributed by atoms with E-state index < -0.39 is 12.0 Å². The molecule has 0 aliphatic carbocycles. The lowest BCUT2D eigenvalue weighted by molar-refractivity contribution is -0.147. The van der Waals surface area contributed by atoms with Crippen LogP contribution in [0.4, 0.5) is 0 Å². The van der Waals surface area contributed by atoms with Crippen molar-refractivity contribution in [3.8, 4) is 0 Å². The Morgan fingerprint density at radius 2 is 1.90 bits per heavy atom. The summed E-state index contributed by atoms with van der Waals surface area (Å²) in [6, 6.07) is 4.33. The number of hydrogen-bond donors (Lipinski definition) is 0. The van der Waals surface area contributed by atoms with Crippen molar-refractivity contribution in [3.05, 3.63) is 33.8 Å². The monoisotopic (exact) mass is 315 g/mol. The molecule has 1 aliphatic rings. The van der Waals surface area contributed by atoms with Crippen LogP contribution in [-0.4, -0.2) is 36.5 Å². The van der Waals surface area contributed by atoms with Gasteiger partial charge in [-0.1, -0.05) is 29.3 Å². The van der Waals surface area contributed by atoms with Crippen LogP contribution in [0.25, 0.3) is 0 Å². The molecule has 1 aromatic rings. The Bertz CT molecular complexity index is 513. The molecule has 0 N–H and O–H groups in total. The van der Waals surface area contributed by atoms with E-state index in [-0.39, 0.29) is 21.5 Å². The summed E-state index contributed by atoms with van der Waals surface area (Å²) in [7, 11) is 1.32. The van der Waals surface area contributed by atoms with Crippen molar-refractivity contribution < 1.29 is 14.3 Å². The maximum absolute atomic E-state index is 12.6. The average molecular weight is 316 g/mol. The Balaban J connectivity index is 2.33. The average Bonchev–Trinajstić information content (AvgIpc) is 2.46. The lowest BCUT2D eigenvalue weighted by atomic mass is 10.0. The molecule has 20 heavy (non-hydrogen) atoms. The fourth-order valence-corrected chi connectivity index (χ4v) is 2.96. The quantitative estimate of drug-likeness (QED) is 0.787. The summed E-state index contributed by atoms with van der Waals surface area (Å²) in [6.45, 7) is 0.500. The second kappa shape index (κ2) is 6.46. The molecule has 1 atom stereocenters. The molecule has 1 saturated heterocycles. The number of carbonyl (C=O) groups is 2. The largest absolute Gasteiger partial charge is 0.467 e. The van der Waals surface area contributed by atoms with Gasteiger partial charge in [-0.3, -0.25) is 4.79 Å². The van der Waals surface area contributed by atoms with Crippen molar-refractivity contribution in [2.24, 2.45) is 0 Å². The molecule has 0 radical (unpaired) electrons. The number of nitrogens with zero attached hydrogens (tertiary/aromatic N) is 1. The molecule has 0 bridgehead atoms. The second-order valence-electron chi connectivity index (χ2n) is 4.63. The molecule has 0 aromatic heterocycles. The van der Waals surface area contributed by atoms with E-state index in [1.807, 2.05) is 0 Å². The third-order valence-electron chi connectivity index (χ3n) is 3.41. The van der Waals surface area contributed by atoms with Crippen LogP contribution < -0.4 is 0 Å². The molecule has 108 valence electrons. The molecule has 4 nitrogen and oxygen atoms in total. The second-order valence-corrected chi connectivity index (χ2v) is 5.44. The van der Waals surface area contributed by atoms with Crippen molar-refractivity contribution >= 4 is 35.1 Å². The number of piperidine rings is 1. The predicted molar refractivity (Wildman–Crippen MR) is 77.2 cm³/mol. The number of hydrogen-bond acceptors (Lipinski definition) is 3. The minimum atomic E-state index is -0.561. The van der Waals surface area contributed by atoms with Gasteiger partial charge in [0.05, 0.1) is 22.7 Å². The van der Waals surface area contributed by atoms with Gasteiger partial charge in [-0.2, -0.15) is 0 Å². The summed E-state index contributed by atoms with van der Waals surface area (Å²) in [5.74, 6) is -0.725. The predicted octanol–water partition coefficient (Wildman–Crippen LogP) is 3.16. The van der Waals surface area contributed by atoms with Crippen molar-refractivity contribution in [3.63, 3.8) is 0 Å². The normalized spacial score (nSPS) is 18.8. The molecule has 0 saturated carbocycles. The molecule has 6 heteroatoms. The molecule has 1 aliphatic heterocycles. The zero-order valence-electron chi connectivity index (χ0n) is 11.1. The molecule has 1 aromatic carbocycles. The number of halogens is 2. The Morgan fingerprint density at radius 1 is 1.25 bits per heavy atom. The third-order valence-corrected chi connectivity index (χ3v) is 4.04. The van der Waals surface area contributed by atoms with Crippen molar-refractivity contribution in [1.82, 2.24) is 4.90 Å². The molecule has 0 spiro atoms. The first-order chi connectivity index (χ1) is 9.56. The number of methoxy groups -OCH3 is 1. The number of likely N-dealkylation sites (tertiary alicyclic amines) is 1. The highest BCUT2D eigenvalue weighted by molar-refractivity contribution is 6.39. The summed E-state index contributed by atoms with van der Waals surface area (Å²) in [5.41, 5.74) is 0.242. The number of esters is 1. The van der Waals surface area contributed by atoms with Crippen LogP contribution in [0.5, 0.6) is 0 Å². The van der Waals surface area contributed by atoms with Gasteiger partial charge in [0.25, 0.3) is 5.91 Å². The first-order valence-corrected chi connectivity index (χ1v) is 7.14. The summed E-state index contributed by atoms with van der Waals surface area (Å²) >= 11 is 12.1. The van der Waals surface area contributed by atoms with Gasteiger partial charge in [0, 0.05) is 6.54 Å². The van der Waals surface area contributed by atoms with Gasteiger partial charge >= 0.3 is 5.97 Å². The van der Waals surface area contributed by atoms with E-state index in [1.54, 1.807) is 18.2 Å². The first-order valence-electron chi connectivity index (χ1n) is 6.39. The van der Waals surface area contributed by atoms with Crippen LogP contribution in [0.2, 0.25) is 10.0 Å². The van der Waals surface area contributed by atoms with Crippen LogP contribution in [0.3, 0.4) is 0 Å². The van der Waals surface area contributed by atoms with Gasteiger partial charge in [-0.25, -0.2) is 4.79 Å². The van der Waals surface area contributed by atoms with E-state index >= 15 is 0 Å². The van der Waals surface area contributed by atoms with E-state index in [9.17, 15) is 9.59 Å². The smallest absolute Gasteiger partial charge is 0.328 e. The lowest BCUT2D eigenvalue weighted by Crippen LogP contribution is -2.48. The van der Waals surface area contributed by atoms with Crippen LogP contribution >= 0.6 is 23.2 Å². The van der Waals surface area contributed by atoms with Gasteiger partial charge in [0.1, 0.15) is 6.04 Å². The molecule has 1 unspecified atom stereocenters. The first kappa shape index (κ1) is 15.1. The van der Waals surface area contributed by atoms with Crippen LogP contribution in [-0.2, 0) is 9.53 Å². The molecular weight excluding hydrogens is 301 g/mol. The highest BCUT2D eigenvalue weighted by atomic mass is 35.5. The summed E-state index contributed by atoms with van der Waals surface area (Å²) < 4.78 is 4.77. The highest BCUT2D eigenvalue weighted by Gasteiger charge is 2.34. The van der Waals surface area contributed by atoms with E-state index in [1.165, 1.54) is 12.0 Å². The van der Waals surface area contributed by atoms with Gasteiger partial charge < -0.3 is 9.64 Å². The SMILES string of the molecule is COC(=O)C1CCCCN1C(=O)c1c(Cl)cccc1Cl. The number of amides is 1. The number of benzene rings is 1. The fraction of sp³-hybridized carbons (Fsp3) is 0.429. The van der Waals surface area contributed by atoms with Crippen LogP contribution in [0, 0.1) is 0 Å². The van der Waals surface area contributed by atoms with Gasteiger partial charge in [-0.15, -0.1) is 0 Å². The Kier molecular flexibility index (Phi) is 4.89. The minimum absolute atomic E-state index is 0.242. The van der Waals surface area contributed by atoms with E-state index in [2.05, 4.69) is 0 Å². The molecule has 1 fully saturated rings. The topological polar surface area (TPSA) is 46.6 Å². The zero-order chi connectivity index (χ0) is 14.7. The zero-order valence-corrected chi connectivity index (χ0v) is 12.6. The van der Waals surface area contributed by atoms with Gasteiger partial charge in [0.15, 0.2) is 0 Å². The highest BCUT2D eigenvalue weighted by Crippen LogP contribution is 2.28. The minimum Gasteiger partial charge on any atom is -0.467 e.